The minimum absolute atomic E-state index is 0.0647. The van der Waals surface area contributed by atoms with Crippen molar-refractivity contribution in [3.05, 3.63) is 58.8 Å². The first-order chi connectivity index (χ1) is 14.5. The van der Waals surface area contributed by atoms with Crippen molar-refractivity contribution < 1.29 is 17.6 Å². The van der Waals surface area contributed by atoms with E-state index in [9.17, 15) is 22.4 Å². The van der Waals surface area contributed by atoms with Crippen LogP contribution in [0.15, 0.2) is 52.4 Å². The largest absolute Gasteiger partial charge is 0.389 e. The lowest BCUT2D eigenvalue weighted by molar-refractivity contribution is -0.132. The highest BCUT2D eigenvalue weighted by atomic mass is 19.4. The summed E-state index contributed by atoms with van der Waals surface area (Å²) in [4.78, 5) is 24.1. The van der Waals surface area contributed by atoms with Crippen LogP contribution in [0.4, 0.5) is 29.3 Å². The number of rotatable bonds is 5. The Hall–Kier alpha value is -3.76. The van der Waals surface area contributed by atoms with Crippen LogP contribution in [0.3, 0.4) is 0 Å². The van der Waals surface area contributed by atoms with Gasteiger partial charge in [-0.3, -0.25) is 4.79 Å². The summed E-state index contributed by atoms with van der Waals surface area (Å²) in [5.74, 6) is -1.03. The molecule has 0 unspecified atom stereocenters. The molecule has 0 spiro atoms. The third-order valence-corrected chi connectivity index (χ3v) is 4.31. The fourth-order valence-electron chi connectivity index (χ4n) is 2.83. The number of aliphatic imine (C=N–C) groups is 1. The lowest BCUT2D eigenvalue weighted by Gasteiger charge is -2.14. The molecular formula is C20H18F4N6O. The van der Waals surface area contributed by atoms with Crippen LogP contribution in [-0.4, -0.2) is 26.5 Å². The summed E-state index contributed by atoms with van der Waals surface area (Å²) in [6, 6.07) is 8.17. The fraction of sp³-hybridized carbons (Fsp3) is 0.200. The zero-order chi connectivity index (χ0) is 22.8. The number of hydrogen-bond donors (Lipinski definition) is 2. The van der Waals surface area contributed by atoms with E-state index < -0.39 is 24.8 Å². The van der Waals surface area contributed by atoms with Crippen LogP contribution in [0.25, 0.3) is 22.4 Å². The molecule has 0 amide bonds. The fourth-order valence-corrected chi connectivity index (χ4v) is 2.83. The molecule has 4 N–H and O–H groups in total. The molecule has 162 valence electrons. The number of nitrogen functional groups attached to an aromatic ring is 1. The molecule has 0 atom stereocenters. The number of alkyl halides is 3. The first-order valence-corrected chi connectivity index (χ1v) is 9.04. The summed E-state index contributed by atoms with van der Waals surface area (Å²) in [6.45, 7) is 0. The highest BCUT2D eigenvalue weighted by Crippen LogP contribution is 2.37. The quantitative estimate of drug-likeness (QED) is 0.362. The topological polar surface area (TPSA) is 112 Å². The van der Waals surface area contributed by atoms with Gasteiger partial charge in [0.1, 0.15) is 11.7 Å². The molecule has 0 saturated carbocycles. The maximum atomic E-state index is 13.4. The Morgan fingerprint density at radius 3 is 2.35 bits per heavy atom. The second-order valence-corrected chi connectivity index (χ2v) is 6.72. The Bertz CT molecular complexity index is 1190. The molecule has 0 radical (unpaired) electrons. The van der Waals surface area contributed by atoms with Gasteiger partial charge in [0.05, 0.1) is 17.7 Å². The predicted octanol–water partition coefficient (Wildman–Crippen LogP) is 3.56. The highest BCUT2D eigenvalue weighted by molar-refractivity contribution is 5.91. The van der Waals surface area contributed by atoms with Gasteiger partial charge >= 0.3 is 6.18 Å². The summed E-state index contributed by atoms with van der Waals surface area (Å²) in [6.07, 6.45) is -4.59. The molecule has 1 aromatic carbocycles. The van der Waals surface area contributed by atoms with Gasteiger partial charge in [-0.1, -0.05) is 0 Å². The number of amidine groups is 1. The molecule has 0 aliphatic heterocycles. The molecule has 11 heteroatoms. The lowest BCUT2D eigenvalue weighted by Crippen LogP contribution is -2.17. The zero-order valence-corrected chi connectivity index (χ0v) is 16.3. The Balaban J connectivity index is 2.23. The van der Waals surface area contributed by atoms with Gasteiger partial charge in [0.2, 0.25) is 11.5 Å². The average molecular weight is 434 g/mol. The van der Waals surface area contributed by atoms with Crippen molar-refractivity contribution in [3.8, 4) is 22.4 Å². The summed E-state index contributed by atoms with van der Waals surface area (Å²) < 4.78 is 52.3. The van der Waals surface area contributed by atoms with E-state index in [1.807, 2.05) is 0 Å². The van der Waals surface area contributed by atoms with E-state index in [2.05, 4.69) is 15.0 Å². The summed E-state index contributed by atoms with van der Waals surface area (Å²) in [5, 5.41) is 0. The van der Waals surface area contributed by atoms with Gasteiger partial charge in [-0.2, -0.15) is 18.2 Å². The Morgan fingerprint density at radius 2 is 1.74 bits per heavy atom. The van der Waals surface area contributed by atoms with Gasteiger partial charge in [-0.05, 0) is 30.3 Å². The summed E-state index contributed by atoms with van der Waals surface area (Å²) in [7, 11) is 1.53. The average Bonchev–Trinajstić information content (AvgIpc) is 2.68. The van der Waals surface area contributed by atoms with Gasteiger partial charge in [0.25, 0.3) is 0 Å². The van der Waals surface area contributed by atoms with Crippen molar-refractivity contribution in [2.45, 2.75) is 19.0 Å². The second-order valence-electron chi connectivity index (χ2n) is 6.72. The maximum Gasteiger partial charge on any atom is 0.389 e. The normalized spacial score (nSPS) is 12.2. The molecule has 3 aromatic rings. The van der Waals surface area contributed by atoms with E-state index in [0.29, 0.717) is 11.1 Å². The number of anilines is 1. The minimum atomic E-state index is -4.40. The van der Waals surface area contributed by atoms with Crippen LogP contribution in [0, 0.1) is 5.82 Å². The van der Waals surface area contributed by atoms with E-state index in [1.54, 1.807) is 0 Å². The molecule has 2 aromatic heterocycles. The zero-order valence-electron chi connectivity index (χ0n) is 16.3. The molecule has 0 aliphatic rings. The number of hydrogen-bond acceptors (Lipinski definition) is 5. The van der Waals surface area contributed by atoms with E-state index in [-0.39, 0.29) is 34.4 Å². The van der Waals surface area contributed by atoms with Crippen LogP contribution >= 0.6 is 0 Å². The second kappa shape index (κ2) is 8.54. The summed E-state index contributed by atoms with van der Waals surface area (Å²) >= 11 is 0. The number of aromatic nitrogens is 3. The molecule has 7 nitrogen and oxygen atoms in total. The van der Waals surface area contributed by atoms with Crippen molar-refractivity contribution in [1.82, 2.24) is 14.5 Å². The smallest absolute Gasteiger partial charge is 0.387 e. The van der Waals surface area contributed by atoms with Crippen LogP contribution in [0.2, 0.25) is 0 Å². The monoisotopic (exact) mass is 434 g/mol. The van der Waals surface area contributed by atoms with E-state index in [4.69, 9.17) is 11.5 Å². The Kier molecular flexibility index (Phi) is 6.04. The Labute approximate surface area is 174 Å². The lowest BCUT2D eigenvalue weighted by atomic mass is 10.0. The van der Waals surface area contributed by atoms with Gasteiger partial charge in [-0.25, -0.2) is 14.4 Å². The van der Waals surface area contributed by atoms with Crippen LogP contribution in [0.5, 0.6) is 0 Å². The third-order valence-electron chi connectivity index (χ3n) is 4.31. The van der Waals surface area contributed by atoms with Crippen molar-refractivity contribution in [1.29, 1.82) is 0 Å². The van der Waals surface area contributed by atoms with Gasteiger partial charge in [-0.15, -0.1) is 0 Å². The van der Waals surface area contributed by atoms with E-state index in [1.165, 1.54) is 54.2 Å². The minimum Gasteiger partial charge on any atom is -0.387 e. The molecule has 31 heavy (non-hydrogen) atoms. The number of halogens is 4. The number of nitrogens with zero attached hydrogens (tertiary/aromatic N) is 4. The maximum absolute atomic E-state index is 13.4. The third kappa shape index (κ3) is 5.44. The first-order valence-electron chi connectivity index (χ1n) is 9.04. The van der Waals surface area contributed by atoms with Crippen molar-refractivity contribution in [2.24, 2.45) is 17.8 Å². The van der Waals surface area contributed by atoms with Gasteiger partial charge in [0, 0.05) is 36.9 Å². The molecule has 0 bridgehead atoms. The van der Waals surface area contributed by atoms with Crippen LogP contribution < -0.4 is 17.0 Å². The molecule has 0 aliphatic carbocycles. The Morgan fingerprint density at radius 1 is 1.10 bits per heavy atom. The number of nitrogens with two attached hydrogens (primary N) is 2. The number of benzene rings is 1. The predicted molar refractivity (Wildman–Crippen MR) is 109 cm³/mol. The van der Waals surface area contributed by atoms with Crippen LogP contribution in [-0.2, 0) is 7.05 Å². The van der Waals surface area contributed by atoms with Gasteiger partial charge in [0.15, 0.2) is 5.82 Å². The van der Waals surface area contributed by atoms with Gasteiger partial charge < -0.3 is 16.0 Å². The first kappa shape index (κ1) is 21.9. The van der Waals surface area contributed by atoms with E-state index in [0.717, 1.165) is 0 Å². The SMILES string of the molecule is Cn1cc(-c2c(N=C(N)CCC(F)(F)F)nc(N)nc2-c2ccc(F)cc2)ccc1=O. The molecule has 0 saturated heterocycles. The molecule has 3 rings (SSSR count). The van der Waals surface area contributed by atoms with E-state index >= 15 is 0 Å². The van der Waals surface area contributed by atoms with Crippen molar-refractivity contribution >= 4 is 17.6 Å². The highest BCUT2D eigenvalue weighted by Gasteiger charge is 2.27. The van der Waals surface area contributed by atoms with Crippen molar-refractivity contribution in [3.63, 3.8) is 0 Å². The van der Waals surface area contributed by atoms with Crippen LogP contribution in [0.1, 0.15) is 12.8 Å². The molecule has 0 fully saturated rings. The van der Waals surface area contributed by atoms with Crippen molar-refractivity contribution in [2.75, 3.05) is 5.73 Å². The number of aryl methyl sites for hydroxylation is 1. The standard InChI is InChI=1S/C20H18F4N6O/c1-30-10-12(4-7-15(30)31)16-17(11-2-5-13(21)6-3-11)28-19(26)29-18(16)27-14(25)8-9-20(22,23)24/h2-7,10H,8-9H2,1H3,(H4,25,26,27,28,29). The number of pyridine rings is 1. The molecular weight excluding hydrogens is 416 g/mol. The molecule has 2 heterocycles. The summed E-state index contributed by atoms with van der Waals surface area (Å²) in [5.41, 5.74) is 12.7.